The molecule has 0 saturated carbocycles. The van der Waals surface area contributed by atoms with Gasteiger partial charge in [0.2, 0.25) is 0 Å². The van der Waals surface area contributed by atoms with Crippen molar-refractivity contribution in [2.45, 2.75) is 96.5 Å². The minimum Gasteiger partial charge on any atom is -0.481 e. The lowest BCUT2D eigenvalue weighted by molar-refractivity contribution is -0.150. The van der Waals surface area contributed by atoms with Gasteiger partial charge in [0.1, 0.15) is 6.10 Å². The van der Waals surface area contributed by atoms with Crippen LogP contribution in [0, 0.1) is 0 Å². The Labute approximate surface area is 166 Å². The van der Waals surface area contributed by atoms with Crippen LogP contribution < -0.4 is 0 Å². The van der Waals surface area contributed by atoms with Crippen LogP contribution in [0.2, 0.25) is 0 Å². The van der Waals surface area contributed by atoms with E-state index in [4.69, 9.17) is 19.7 Å². The molecule has 2 N–H and O–H groups in total. The molecule has 0 aliphatic rings. The fourth-order valence-corrected chi connectivity index (χ4v) is 2.59. The average molecular weight is 402 g/mol. The van der Waals surface area contributed by atoms with Crippen LogP contribution in [0.4, 0.5) is 0 Å². The molecule has 0 rings (SSSR count). The molecular formula is C20H34O8. The van der Waals surface area contributed by atoms with Crippen LogP contribution in [0.15, 0.2) is 0 Å². The third-order valence-corrected chi connectivity index (χ3v) is 4.23. The summed E-state index contributed by atoms with van der Waals surface area (Å²) < 4.78 is 10.5. The van der Waals surface area contributed by atoms with Gasteiger partial charge >= 0.3 is 23.9 Å². The summed E-state index contributed by atoms with van der Waals surface area (Å²) >= 11 is 0. The molecule has 1 unspecified atom stereocenters. The molecule has 0 aromatic heterocycles. The smallest absolute Gasteiger partial charge is 0.306 e. The second-order valence-corrected chi connectivity index (χ2v) is 6.79. The molecule has 162 valence electrons. The zero-order valence-corrected chi connectivity index (χ0v) is 16.8. The van der Waals surface area contributed by atoms with Gasteiger partial charge in [0.15, 0.2) is 0 Å². The summed E-state index contributed by atoms with van der Waals surface area (Å²) in [5.74, 6) is -2.30. The van der Waals surface area contributed by atoms with Gasteiger partial charge in [-0.25, -0.2) is 0 Å². The fourth-order valence-electron chi connectivity index (χ4n) is 2.59. The number of hydrogen-bond donors (Lipinski definition) is 2. The van der Waals surface area contributed by atoms with Crippen molar-refractivity contribution in [1.82, 2.24) is 0 Å². The Balaban J connectivity index is 3.65. The number of carboxylic acid groups (broad SMARTS) is 2. The highest BCUT2D eigenvalue weighted by molar-refractivity contribution is 5.70. The number of rotatable bonds is 18. The molecule has 1 atom stereocenters. The van der Waals surface area contributed by atoms with Crippen LogP contribution in [-0.2, 0) is 28.7 Å². The molecule has 0 aromatic carbocycles. The highest BCUT2D eigenvalue weighted by Crippen LogP contribution is 2.13. The number of carboxylic acids is 2. The highest BCUT2D eigenvalue weighted by Gasteiger charge is 2.12. The predicted molar refractivity (Wildman–Crippen MR) is 102 cm³/mol. The number of carbonyl (C=O) groups is 4. The third kappa shape index (κ3) is 17.3. The van der Waals surface area contributed by atoms with Gasteiger partial charge in [-0.1, -0.05) is 6.92 Å². The SMILES string of the molecule is CCC(CCCCCOC(=O)CCCCC(=O)O)OC(=O)CCCCC(=O)O. The lowest BCUT2D eigenvalue weighted by Gasteiger charge is -2.16. The van der Waals surface area contributed by atoms with Crippen molar-refractivity contribution in [3.63, 3.8) is 0 Å². The van der Waals surface area contributed by atoms with E-state index in [1.54, 1.807) is 0 Å². The number of ether oxygens (including phenoxy) is 2. The molecule has 0 aromatic rings. The molecule has 8 nitrogen and oxygen atoms in total. The summed E-state index contributed by atoms with van der Waals surface area (Å²) in [6.45, 7) is 2.30. The van der Waals surface area contributed by atoms with E-state index in [-0.39, 0.29) is 43.7 Å². The number of carbonyl (C=O) groups excluding carboxylic acids is 2. The van der Waals surface area contributed by atoms with Gasteiger partial charge in [-0.2, -0.15) is 0 Å². The summed E-state index contributed by atoms with van der Waals surface area (Å²) in [5, 5.41) is 17.1. The summed E-state index contributed by atoms with van der Waals surface area (Å²) in [7, 11) is 0. The third-order valence-electron chi connectivity index (χ3n) is 4.23. The average Bonchev–Trinajstić information content (AvgIpc) is 2.63. The van der Waals surface area contributed by atoms with E-state index in [1.165, 1.54) is 0 Å². The van der Waals surface area contributed by atoms with Crippen LogP contribution in [0.5, 0.6) is 0 Å². The molecule has 0 saturated heterocycles. The van der Waals surface area contributed by atoms with Crippen molar-refractivity contribution in [2.24, 2.45) is 0 Å². The first kappa shape index (κ1) is 25.9. The van der Waals surface area contributed by atoms with Crippen molar-refractivity contribution in [2.75, 3.05) is 6.61 Å². The normalized spacial score (nSPS) is 11.6. The van der Waals surface area contributed by atoms with E-state index in [9.17, 15) is 19.2 Å². The molecule has 0 spiro atoms. The van der Waals surface area contributed by atoms with Crippen molar-refractivity contribution in [3.8, 4) is 0 Å². The maximum atomic E-state index is 11.8. The monoisotopic (exact) mass is 402 g/mol. The number of hydrogen-bond acceptors (Lipinski definition) is 6. The van der Waals surface area contributed by atoms with Crippen LogP contribution in [0.3, 0.4) is 0 Å². The molecule has 0 amide bonds. The molecule has 0 radical (unpaired) electrons. The zero-order chi connectivity index (χ0) is 21.2. The minimum absolute atomic E-state index is 0.0669. The largest absolute Gasteiger partial charge is 0.481 e. The standard InChI is InChI=1S/C20H34O8/c1-2-16(28-20(26)14-8-6-12-18(23)24)10-4-3-9-15-27-19(25)13-7-5-11-17(21)22/h16H,2-15H2,1H3,(H,21,22)(H,23,24). The van der Waals surface area contributed by atoms with E-state index < -0.39 is 11.9 Å². The van der Waals surface area contributed by atoms with E-state index in [0.29, 0.717) is 32.3 Å². The molecule has 28 heavy (non-hydrogen) atoms. The summed E-state index contributed by atoms with van der Waals surface area (Å²) in [6.07, 6.45) is 6.40. The molecule has 0 aliphatic carbocycles. The topological polar surface area (TPSA) is 127 Å². The van der Waals surface area contributed by atoms with Crippen molar-refractivity contribution < 1.29 is 38.9 Å². The molecule has 0 heterocycles. The molecule has 8 heteroatoms. The summed E-state index contributed by atoms with van der Waals surface area (Å²) in [5.41, 5.74) is 0. The highest BCUT2D eigenvalue weighted by atomic mass is 16.5. The lowest BCUT2D eigenvalue weighted by atomic mass is 10.1. The Kier molecular flexibility index (Phi) is 15.7. The molecule has 0 bridgehead atoms. The van der Waals surface area contributed by atoms with Crippen molar-refractivity contribution >= 4 is 23.9 Å². The number of aliphatic carboxylic acids is 2. The van der Waals surface area contributed by atoms with Gasteiger partial charge in [-0.05, 0) is 57.8 Å². The lowest BCUT2D eigenvalue weighted by Crippen LogP contribution is -2.17. The van der Waals surface area contributed by atoms with Crippen LogP contribution in [0.25, 0.3) is 0 Å². The van der Waals surface area contributed by atoms with E-state index in [1.807, 2.05) is 6.92 Å². The Morgan fingerprint density at radius 2 is 1.25 bits per heavy atom. The second-order valence-electron chi connectivity index (χ2n) is 6.79. The second kappa shape index (κ2) is 17.0. The van der Waals surface area contributed by atoms with Gasteiger partial charge in [0, 0.05) is 25.7 Å². The van der Waals surface area contributed by atoms with Gasteiger partial charge in [-0.3, -0.25) is 19.2 Å². The first-order valence-electron chi connectivity index (χ1n) is 10.1. The number of esters is 2. The van der Waals surface area contributed by atoms with E-state index >= 15 is 0 Å². The van der Waals surface area contributed by atoms with Crippen LogP contribution >= 0.6 is 0 Å². The van der Waals surface area contributed by atoms with E-state index in [2.05, 4.69) is 0 Å². The summed E-state index contributed by atoms with van der Waals surface area (Å²) in [6, 6.07) is 0. The van der Waals surface area contributed by atoms with Gasteiger partial charge in [0.05, 0.1) is 6.61 Å². The van der Waals surface area contributed by atoms with Crippen molar-refractivity contribution in [3.05, 3.63) is 0 Å². The fraction of sp³-hybridized carbons (Fsp3) is 0.800. The van der Waals surface area contributed by atoms with Gasteiger partial charge in [-0.15, -0.1) is 0 Å². The van der Waals surface area contributed by atoms with Gasteiger partial charge < -0.3 is 19.7 Å². The molecular weight excluding hydrogens is 368 g/mol. The molecule has 0 aliphatic heterocycles. The van der Waals surface area contributed by atoms with Gasteiger partial charge in [0.25, 0.3) is 0 Å². The van der Waals surface area contributed by atoms with E-state index in [0.717, 1.165) is 32.1 Å². The number of unbranched alkanes of at least 4 members (excludes halogenated alkanes) is 4. The van der Waals surface area contributed by atoms with Crippen LogP contribution in [-0.4, -0.2) is 46.8 Å². The quantitative estimate of drug-likeness (QED) is 0.262. The zero-order valence-electron chi connectivity index (χ0n) is 16.8. The maximum Gasteiger partial charge on any atom is 0.306 e. The first-order valence-corrected chi connectivity index (χ1v) is 10.1. The minimum atomic E-state index is -0.859. The van der Waals surface area contributed by atoms with Crippen molar-refractivity contribution in [1.29, 1.82) is 0 Å². The first-order chi connectivity index (χ1) is 13.3. The Morgan fingerprint density at radius 3 is 1.79 bits per heavy atom. The Morgan fingerprint density at radius 1 is 0.714 bits per heavy atom. The predicted octanol–water partition coefficient (Wildman–Crippen LogP) is 3.70. The Hall–Kier alpha value is -2.12. The summed E-state index contributed by atoms with van der Waals surface area (Å²) in [4.78, 5) is 44.0. The maximum absolute atomic E-state index is 11.8. The van der Waals surface area contributed by atoms with Crippen LogP contribution in [0.1, 0.15) is 90.4 Å². The molecule has 0 fully saturated rings. The Bertz CT molecular complexity index is 475.